The lowest BCUT2D eigenvalue weighted by atomic mass is 10.2. The van der Waals surface area contributed by atoms with E-state index in [-0.39, 0.29) is 5.82 Å². The fraction of sp³-hybridized carbons (Fsp3) is 0.333. The topological polar surface area (TPSA) is 58.2 Å². The van der Waals surface area contributed by atoms with Gasteiger partial charge < -0.3 is 5.32 Å². The standard InChI is InChI=1S/C15H19FN2O2S2/c1-22(19,20)18-9-3-8-17-11-14-6-7-15(21-14)12-4-2-5-13(16)10-12/h2,4-7,10,17-18H,3,8-9,11H2,1H3. The lowest BCUT2D eigenvalue weighted by Gasteiger charge is -2.04. The molecule has 0 saturated carbocycles. The van der Waals surface area contributed by atoms with Crippen LogP contribution in [0.25, 0.3) is 10.4 Å². The van der Waals surface area contributed by atoms with Crippen molar-refractivity contribution in [3.63, 3.8) is 0 Å². The summed E-state index contributed by atoms with van der Waals surface area (Å²) in [5, 5.41) is 3.27. The van der Waals surface area contributed by atoms with Crippen LogP contribution in [0.2, 0.25) is 0 Å². The van der Waals surface area contributed by atoms with Crippen LogP contribution in [-0.4, -0.2) is 27.8 Å². The van der Waals surface area contributed by atoms with Crippen LogP contribution in [0.1, 0.15) is 11.3 Å². The van der Waals surface area contributed by atoms with Crippen molar-refractivity contribution in [2.75, 3.05) is 19.3 Å². The van der Waals surface area contributed by atoms with E-state index in [9.17, 15) is 12.8 Å². The average Bonchev–Trinajstić information content (AvgIpc) is 2.90. The van der Waals surface area contributed by atoms with E-state index in [1.54, 1.807) is 17.4 Å². The highest BCUT2D eigenvalue weighted by Gasteiger charge is 2.04. The Morgan fingerprint density at radius 3 is 2.73 bits per heavy atom. The van der Waals surface area contributed by atoms with E-state index in [1.807, 2.05) is 18.2 Å². The minimum Gasteiger partial charge on any atom is -0.312 e. The first kappa shape index (κ1) is 17.1. The molecule has 4 nitrogen and oxygen atoms in total. The van der Waals surface area contributed by atoms with Gasteiger partial charge in [-0.2, -0.15) is 0 Å². The van der Waals surface area contributed by atoms with Crippen molar-refractivity contribution < 1.29 is 12.8 Å². The van der Waals surface area contributed by atoms with Crippen molar-refractivity contribution in [3.05, 3.63) is 47.1 Å². The molecule has 2 N–H and O–H groups in total. The summed E-state index contributed by atoms with van der Waals surface area (Å²) in [4.78, 5) is 2.20. The normalized spacial score (nSPS) is 11.7. The lowest BCUT2D eigenvalue weighted by molar-refractivity contribution is 0.579. The number of halogens is 1. The van der Waals surface area contributed by atoms with Crippen molar-refractivity contribution in [3.8, 4) is 10.4 Å². The summed E-state index contributed by atoms with van der Waals surface area (Å²) in [6, 6.07) is 10.6. The van der Waals surface area contributed by atoms with Gasteiger partial charge in [0.2, 0.25) is 10.0 Å². The van der Waals surface area contributed by atoms with Crippen LogP contribution in [0.15, 0.2) is 36.4 Å². The van der Waals surface area contributed by atoms with Gasteiger partial charge in [0.15, 0.2) is 0 Å². The number of sulfonamides is 1. The van der Waals surface area contributed by atoms with E-state index < -0.39 is 10.0 Å². The SMILES string of the molecule is CS(=O)(=O)NCCCNCc1ccc(-c2cccc(F)c2)s1. The first-order valence-electron chi connectivity index (χ1n) is 6.94. The Labute approximate surface area is 134 Å². The Balaban J connectivity index is 1.76. The van der Waals surface area contributed by atoms with Crippen LogP contribution >= 0.6 is 11.3 Å². The van der Waals surface area contributed by atoms with Crippen molar-refractivity contribution >= 4 is 21.4 Å². The predicted octanol–water partition coefficient (Wildman–Crippen LogP) is 2.58. The second kappa shape index (κ2) is 7.82. The second-order valence-corrected chi connectivity index (χ2v) is 7.97. The summed E-state index contributed by atoms with van der Waals surface area (Å²) in [6.45, 7) is 1.89. The molecule has 0 aliphatic heterocycles. The maximum Gasteiger partial charge on any atom is 0.208 e. The molecule has 0 aliphatic carbocycles. The Morgan fingerprint density at radius 1 is 1.18 bits per heavy atom. The molecule has 7 heteroatoms. The van der Waals surface area contributed by atoms with Gasteiger partial charge in [0.1, 0.15) is 5.82 Å². The highest BCUT2D eigenvalue weighted by molar-refractivity contribution is 7.88. The molecule has 0 bridgehead atoms. The number of rotatable bonds is 8. The molecule has 2 aromatic rings. The van der Waals surface area contributed by atoms with Gasteiger partial charge in [0, 0.05) is 22.8 Å². The largest absolute Gasteiger partial charge is 0.312 e. The Morgan fingerprint density at radius 2 is 2.00 bits per heavy atom. The fourth-order valence-corrected chi connectivity index (χ4v) is 3.44. The van der Waals surface area contributed by atoms with Gasteiger partial charge in [-0.15, -0.1) is 11.3 Å². The van der Waals surface area contributed by atoms with Gasteiger partial charge in [-0.25, -0.2) is 17.5 Å². The maximum atomic E-state index is 13.2. The Hall–Kier alpha value is -1.28. The molecule has 0 amide bonds. The molecule has 0 saturated heterocycles. The molecule has 0 atom stereocenters. The highest BCUT2D eigenvalue weighted by Crippen LogP contribution is 2.28. The van der Waals surface area contributed by atoms with Crippen LogP contribution in [0.5, 0.6) is 0 Å². The first-order valence-corrected chi connectivity index (χ1v) is 9.65. The van der Waals surface area contributed by atoms with Gasteiger partial charge in [-0.1, -0.05) is 12.1 Å². The van der Waals surface area contributed by atoms with E-state index in [2.05, 4.69) is 10.0 Å². The molecule has 0 radical (unpaired) electrons. The summed E-state index contributed by atoms with van der Waals surface area (Å²) in [5.41, 5.74) is 0.883. The van der Waals surface area contributed by atoms with E-state index in [0.29, 0.717) is 6.54 Å². The van der Waals surface area contributed by atoms with Crippen molar-refractivity contribution in [2.45, 2.75) is 13.0 Å². The number of hydrogen-bond acceptors (Lipinski definition) is 4. The molecule has 2 rings (SSSR count). The molecule has 0 unspecified atom stereocenters. The van der Waals surface area contributed by atoms with Gasteiger partial charge in [-0.3, -0.25) is 0 Å². The molecule has 0 aliphatic rings. The third-order valence-electron chi connectivity index (χ3n) is 2.96. The van der Waals surface area contributed by atoms with Crippen LogP contribution in [0.4, 0.5) is 4.39 Å². The van der Waals surface area contributed by atoms with Gasteiger partial charge in [0.25, 0.3) is 0 Å². The average molecular weight is 342 g/mol. The van der Waals surface area contributed by atoms with E-state index in [1.165, 1.54) is 12.1 Å². The number of hydrogen-bond donors (Lipinski definition) is 2. The highest BCUT2D eigenvalue weighted by atomic mass is 32.2. The zero-order valence-corrected chi connectivity index (χ0v) is 13.9. The summed E-state index contributed by atoms with van der Waals surface area (Å²) >= 11 is 1.62. The van der Waals surface area contributed by atoms with E-state index >= 15 is 0 Å². The maximum absolute atomic E-state index is 13.2. The predicted molar refractivity (Wildman–Crippen MR) is 88.9 cm³/mol. The Kier molecular flexibility index (Phi) is 6.07. The summed E-state index contributed by atoms with van der Waals surface area (Å²) in [6.07, 6.45) is 1.88. The molecule has 22 heavy (non-hydrogen) atoms. The lowest BCUT2D eigenvalue weighted by Crippen LogP contribution is -2.26. The molecule has 120 valence electrons. The smallest absolute Gasteiger partial charge is 0.208 e. The minimum atomic E-state index is -3.10. The molecule has 1 heterocycles. The summed E-state index contributed by atoms with van der Waals surface area (Å²) < 4.78 is 37.4. The summed E-state index contributed by atoms with van der Waals surface area (Å²) in [5.74, 6) is -0.232. The zero-order chi connectivity index (χ0) is 16.0. The van der Waals surface area contributed by atoms with Crippen molar-refractivity contribution in [1.29, 1.82) is 0 Å². The number of thiophene rings is 1. The molecule has 1 aromatic heterocycles. The fourth-order valence-electron chi connectivity index (χ4n) is 1.95. The quantitative estimate of drug-likeness (QED) is 0.725. The third-order valence-corrected chi connectivity index (χ3v) is 4.83. The monoisotopic (exact) mass is 342 g/mol. The summed E-state index contributed by atoms with van der Waals surface area (Å²) in [7, 11) is -3.10. The molecular formula is C15H19FN2O2S2. The van der Waals surface area contributed by atoms with E-state index in [0.717, 1.165) is 41.1 Å². The number of nitrogens with one attached hydrogen (secondary N) is 2. The molecular weight excluding hydrogens is 323 g/mol. The molecule has 0 fully saturated rings. The van der Waals surface area contributed by atoms with Gasteiger partial charge >= 0.3 is 0 Å². The van der Waals surface area contributed by atoms with Gasteiger partial charge in [0.05, 0.1) is 6.26 Å². The van der Waals surface area contributed by atoms with Crippen LogP contribution in [0.3, 0.4) is 0 Å². The van der Waals surface area contributed by atoms with Gasteiger partial charge in [-0.05, 0) is 42.8 Å². The Bertz CT molecular complexity index is 714. The van der Waals surface area contributed by atoms with Crippen molar-refractivity contribution in [2.24, 2.45) is 0 Å². The molecule has 1 aromatic carbocycles. The number of benzene rings is 1. The third kappa shape index (κ3) is 5.84. The van der Waals surface area contributed by atoms with Crippen LogP contribution in [0, 0.1) is 5.82 Å². The van der Waals surface area contributed by atoms with Crippen LogP contribution in [-0.2, 0) is 16.6 Å². The zero-order valence-electron chi connectivity index (χ0n) is 12.3. The van der Waals surface area contributed by atoms with E-state index in [4.69, 9.17) is 0 Å². The van der Waals surface area contributed by atoms with Crippen molar-refractivity contribution in [1.82, 2.24) is 10.0 Å². The first-order chi connectivity index (χ1) is 10.4. The van der Waals surface area contributed by atoms with Crippen LogP contribution < -0.4 is 10.0 Å². The molecule has 0 spiro atoms. The minimum absolute atomic E-state index is 0.232. The second-order valence-electron chi connectivity index (χ2n) is 4.97.